The summed E-state index contributed by atoms with van der Waals surface area (Å²) in [4.78, 5) is 4.08. The van der Waals surface area contributed by atoms with Gasteiger partial charge < -0.3 is 25.5 Å². The number of hydrazone groups is 1. The minimum atomic E-state index is -4.34. The maximum Gasteiger partial charge on any atom is 0.243 e. The van der Waals surface area contributed by atoms with Gasteiger partial charge in [-0.2, -0.15) is 5.10 Å². The molecule has 0 spiro atoms. The second-order valence-corrected chi connectivity index (χ2v) is 9.84. The van der Waals surface area contributed by atoms with Gasteiger partial charge in [0.1, 0.15) is 15.8 Å². The number of primary sulfonamides is 1. The van der Waals surface area contributed by atoms with Crippen molar-refractivity contribution in [3.05, 3.63) is 48.4 Å². The van der Waals surface area contributed by atoms with Crippen LogP contribution in [-0.2, 0) is 21.2 Å². The van der Waals surface area contributed by atoms with Crippen molar-refractivity contribution in [1.29, 1.82) is 0 Å². The molecule has 0 aliphatic carbocycles. The van der Waals surface area contributed by atoms with Gasteiger partial charge in [-0.1, -0.05) is 0 Å². The average molecular weight is 449 g/mol. The van der Waals surface area contributed by atoms with Gasteiger partial charge in [-0.15, -0.1) is 0 Å². The number of nitrogens with one attached hydrogen (secondary N) is 2. The zero-order chi connectivity index (χ0) is 21.5. The lowest BCUT2D eigenvalue weighted by molar-refractivity contribution is 0.493. The first-order valence-corrected chi connectivity index (χ1v) is 11.6. The lowest BCUT2D eigenvalue weighted by Crippen LogP contribution is -2.51. The number of nitrogens with two attached hydrogens (primary N) is 3. The van der Waals surface area contributed by atoms with E-state index in [0.29, 0.717) is 29.9 Å². The number of fused-ring (bicyclic) bond motifs is 1. The maximum atomic E-state index is 13.1. The third-order valence-electron chi connectivity index (χ3n) is 4.88. The van der Waals surface area contributed by atoms with Crippen LogP contribution in [0, 0.1) is 0 Å². The second kappa shape index (κ2) is 7.86. The summed E-state index contributed by atoms with van der Waals surface area (Å²) in [6.07, 6.45) is 5.18. The first kappa shape index (κ1) is 20.6. The first-order chi connectivity index (χ1) is 14.4. The molecule has 3 aromatic rings. The predicted molar refractivity (Wildman–Crippen MR) is 113 cm³/mol. The van der Waals surface area contributed by atoms with Crippen LogP contribution in [0.5, 0.6) is 0 Å². The summed E-state index contributed by atoms with van der Waals surface area (Å²) in [5, 5.41) is 12.0. The summed E-state index contributed by atoms with van der Waals surface area (Å²) in [5.74, 6) is 11.0. The molecule has 1 aromatic carbocycles. The molecule has 11 nitrogen and oxygen atoms in total. The number of aromatic nitrogens is 2. The number of hydrazine groups is 1. The molecule has 1 saturated heterocycles. The molecule has 4 rings (SSSR count). The Morgan fingerprint density at radius 2 is 2.07 bits per heavy atom. The van der Waals surface area contributed by atoms with Gasteiger partial charge in [0.15, 0.2) is 10.7 Å². The topological polar surface area (TPSA) is 189 Å². The summed E-state index contributed by atoms with van der Waals surface area (Å²) in [6, 6.07) is 6.71. The van der Waals surface area contributed by atoms with Crippen LogP contribution in [0.25, 0.3) is 16.8 Å². The fraction of sp³-hybridized carbons (Fsp3) is 0.176. The zero-order valence-electron chi connectivity index (χ0n) is 15.6. The van der Waals surface area contributed by atoms with Crippen molar-refractivity contribution in [2.24, 2.45) is 21.9 Å². The Morgan fingerprint density at radius 1 is 1.30 bits per heavy atom. The third kappa shape index (κ3) is 3.40. The number of amidine groups is 1. The SMILES string of the molecule is N/N=C(\NN)c1c(-c2cccn3ccnc23)ccc([S+]([O-])C2CNC2)c1S(N)(=O)=O. The molecule has 3 heterocycles. The van der Waals surface area contributed by atoms with Crippen LogP contribution in [0.1, 0.15) is 5.56 Å². The van der Waals surface area contributed by atoms with Crippen LogP contribution >= 0.6 is 0 Å². The predicted octanol–water partition coefficient (Wildman–Crippen LogP) is -1.19. The van der Waals surface area contributed by atoms with Crippen LogP contribution in [0.3, 0.4) is 0 Å². The number of hydrogen-bond donors (Lipinski definition) is 5. The largest absolute Gasteiger partial charge is 0.611 e. The van der Waals surface area contributed by atoms with Gasteiger partial charge in [-0.25, -0.2) is 24.4 Å². The van der Waals surface area contributed by atoms with Crippen molar-refractivity contribution < 1.29 is 13.0 Å². The standard InChI is InChI=1S/C17H20N8O3S2/c18-23-16(24-19)14-11(12-2-1-6-25-7-5-22-17(12)25)3-4-13(15(14)30(20,27)28)29(26)10-8-21-9-10/h1-7,10,21H,8-9,18-19H2,(H,23,24)(H2,20,27,28). The number of nitrogens with zero attached hydrogens (tertiary/aromatic N) is 3. The number of benzene rings is 1. The van der Waals surface area contributed by atoms with Gasteiger partial charge in [0.05, 0.1) is 5.56 Å². The number of sulfonamides is 1. The summed E-state index contributed by atoms with van der Waals surface area (Å²) < 4.78 is 40.2. The van der Waals surface area contributed by atoms with Gasteiger partial charge in [0.2, 0.25) is 10.0 Å². The molecule has 0 bridgehead atoms. The molecule has 1 aliphatic rings. The van der Waals surface area contributed by atoms with E-state index in [0.717, 1.165) is 0 Å². The minimum Gasteiger partial charge on any atom is -0.611 e. The van der Waals surface area contributed by atoms with E-state index < -0.39 is 21.2 Å². The zero-order valence-corrected chi connectivity index (χ0v) is 17.3. The summed E-state index contributed by atoms with van der Waals surface area (Å²) in [6.45, 7) is 1.02. The highest BCUT2D eigenvalue weighted by molar-refractivity contribution is 7.94. The van der Waals surface area contributed by atoms with E-state index in [9.17, 15) is 13.0 Å². The molecule has 1 unspecified atom stereocenters. The highest BCUT2D eigenvalue weighted by atomic mass is 32.2. The Labute approximate surface area is 175 Å². The Hall–Kier alpha value is -2.68. The fourth-order valence-corrected chi connectivity index (χ4v) is 6.21. The Kier molecular flexibility index (Phi) is 5.40. The molecule has 1 aliphatic heterocycles. The smallest absolute Gasteiger partial charge is 0.243 e. The van der Waals surface area contributed by atoms with Gasteiger partial charge in [-0.3, -0.25) is 0 Å². The third-order valence-corrected chi connectivity index (χ3v) is 7.72. The Balaban J connectivity index is 2.08. The molecule has 1 atom stereocenters. The van der Waals surface area contributed by atoms with Crippen LogP contribution < -0.4 is 27.6 Å². The number of imidazole rings is 1. The van der Waals surface area contributed by atoms with E-state index in [2.05, 4.69) is 20.8 Å². The molecule has 30 heavy (non-hydrogen) atoms. The van der Waals surface area contributed by atoms with Crippen molar-refractivity contribution in [3.63, 3.8) is 0 Å². The summed E-state index contributed by atoms with van der Waals surface area (Å²) >= 11 is -1.62. The van der Waals surface area contributed by atoms with E-state index in [1.807, 2.05) is 0 Å². The Morgan fingerprint density at radius 3 is 2.67 bits per heavy atom. The molecule has 2 aromatic heterocycles. The molecule has 8 N–H and O–H groups in total. The average Bonchev–Trinajstić information content (AvgIpc) is 3.15. The van der Waals surface area contributed by atoms with Crippen LogP contribution in [0.4, 0.5) is 0 Å². The van der Waals surface area contributed by atoms with Gasteiger partial charge in [0, 0.05) is 37.2 Å². The number of pyridine rings is 1. The fourth-order valence-electron chi connectivity index (χ4n) is 3.39. The molecule has 13 heteroatoms. The van der Waals surface area contributed by atoms with E-state index in [1.54, 1.807) is 41.2 Å². The Bertz CT molecular complexity index is 1240. The minimum absolute atomic E-state index is 0.0386. The van der Waals surface area contributed by atoms with E-state index in [-0.39, 0.29) is 26.4 Å². The van der Waals surface area contributed by atoms with E-state index >= 15 is 0 Å². The normalized spacial score (nSPS) is 16.4. The van der Waals surface area contributed by atoms with E-state index in [4.69, 9.17) is 16.8 Å². The first-order valence-electron chi connectivity index (χ1n) is 8.84. The molecular weight excluding hydrogens is 428 g/mol. The molecule has 0 saturated carbocycles. The monoisotopic (exact) mass is 448 g/mol. The highest BCUT2D eigenvalue weighted by Crippen LogP contribution is 2.36. The molecular formula is C17H20N8O3S2. The van der Waals surface area contributed by atoms with Crippen LogP contribution in [0.15, 0.2) is 57.7 Å². The van der Waals surface area contributed by atoms with Crippen molar-refractivity contribution >= 4 is 32.7 Å². The van der Waals surface area contributed by atoms with Crippen molar-refractivity contribution in [1.82, 2.24) is 20.1 Å². The second-order valence-electron chi connectivity index (χ2n) is 6.64. The van der Waals surface area contributed by atoms with Gasteiger partial charge in [-0.05, 0) is 41.0 Å². The lowest BCUT2D eigenvalue weighted by Gasteiger charge is -2.30. The van der Waals surface area contributed by atoms with Crippen molar-refractivity contribution in [2.75, 3.05) is 13.1 Å². The molecule has 0 radical (unpaired) electrons. The molecule has 1 fully saturated rings. The lowest BCUT2D eigenvalue weighted by atomic mass is 9.99. The number of rotatable bonds is 5. The van der Waals surface area contributed by atoms with Crippen molar-refractivity contribution in [2.45, 2.75) is 15.0 Å². The van der Waals surface area contributed by atoms with E-state index in [1.165, 1.54) is 6.07 Å². The summed E-state index contributed by atoms with van der Waals surface area (Å²) in [7, 11) is -4.34. The molecule has 158 valence electrons. The molecule has 0 amide bonds. The van der Waals surface area contributed by atoms with Crippen LogP contribution in [0.2, 0.25) is 0 Å². The van der Waals surface area contributed by atoms with Gasteiger partial charge >= 0.3 is 0 Å². The van der Waals surface area contributed by atoms with Crippen molar-refractivity contribution in [3.8, 4) is 11.1 Å². The quantitative estimate of drug-likeness (QED) is 0.106. The van der Waals surface area contributed by atoms with Gasteiger partial charge in [0.25, 0.3) is 0 Å². The maximum absolute atomic E-state index is 13.1. The van der Waals surface area contributed by atoms with Crippen LogP contribution in [-0.4, -0.2) is 46.5 Å². The highest BCUT2D eigenvalue weighted by Gasteiger charge is 2.37. The number of hydrogen-bond acceptors (Lipinski definition) is 8. The summed E-state index contributed by atoms with van der Waals surface area (Å²) in [5.41, 5.74) is 3.96.